The molecule has 1 aliphatic heterocycles. The van der Waals surface area contributed by atoms with Gasteiger partial charge in [-0.15, -0.1) is 0 Å². The van der Waals surface area contributed by atoms with Crippen molar-refractivity contribution in [2.24, 2.45) is 4.99 Å². The summed E-state index contributed by atoms with van der Waals surface area (Å²) in [6.45, 7) is 11.2. The second-order valence-corrected chi connectivity index (χ2v) is 10.5. The molecule has 0 radical (unpaired) electrons. The van der Waals surface area contributed by atoms with Crippen LogP contribution < -0.4 is 5.32 Å². The van der Waals surface area contributed by atoms with Crippen molar-refractivity contribution in [2.75, 3.05) is 19.6 Å². The van der Waals surface area contributed by atoms with E-state index in [2.05, 4.69) is 38.2 Å². The Bertz CT molecular complexity index is 571. The van der Waals surface area contributed by atoms with E-state index < -0.39 is 0 Å². The number of quaternary nitrogens is 1. The van der Waals surface area contributed by atoms with Crippen molar-refractivity contribution in [2.45, 2.75) is 149 Å². The monoisotopic (exact) mass is 476 g/mol. The van der Waals surface area contributed by atoms with E-state index in [-0.39, 0.29) is 12.1 Å². The van der Waals surface area contributed by atoms with Crippen molar-refractivity contribution in [1.29, 1.82) is 0 Å². The van der Waals surface area contributed by atoms with Gasteiger partial charge in [-0.3, -0.25) is 9.28 Å². The molecule has 198 valence electrons. The van der Waals surface area contributed by atoms with Crippen molar-refractivity contribution in [3.63, 3.8) is 0 Å². The van der Waals surface area contributed by atoms with Crippen molar-refractivity contribution >= 4 is 11.7 Å². The molecule has 0 bridgehead atoms. The van der Waals surface area contributed by atoms with Gasteiger partial charge in [-0.25, -0.2) is 4.99 Å². The Hall–Kier alpha value is -1.16. The van der Waals surface area contributed by atoms with E-state index in [0.29, 0.717) is 0 Å². The Morgan fingerprint density at radius 2 is 1.35 bits per heavy atom. The lowest BCUT2D eigenvalue weighted by Crippen LogP contribution is -2.62. The third-order valence-corrected chi connectivity index (χ3v) is 7.69. The van der Waals surface area contributed by atoms with Crippen LogP contribution in [0.2, 0.25) is 0 Å². The maximum atomic E-state index is 11.6. The highest BCUT2D eigenvalue weighted by atomic mass is 16.1. The van der Waals surface area contributed by atoms with Crippen LogP contribution in [0.25, 0.3) is 0 Å². The molecule has 2 unspecified atom stereocenters. The average molecular weight is 477 g/mol. The molecule has 0 aromatic carbocycles. The number of amidine groups is 1. The quantitative estimate of drug-likeness (QED) is 0.0952. The summed E-state index contributed by atoms with van der Waals surface area (Å²) in [7, 11) is 0. The number of amides is 1. The Morgan fingerprint density at radius 1 is 0.853 bits per heavy atom. The lowest BCUT2D eigenvalue weighted by Gasteiger charge is -2.39. The lowest BCUT2D eigenvalue weighted by molar-refractivity contribution is -0.861. The van der Waals surface area contributed by atoms with E-state index in [1.807, 2.05) is 0 Å². The standard InChI is InChI=1S/C30H57N3O/c1-5-7-8-9-10-11-12-13-14-15-16-17-18-19-20-21-22-23-24-25-30-31-26-27-33(30,6-2)28(3)32-29(4)34/h10-11,28H,5-9,12-27H2,1-4H3/p+1/b11-10+. The van der Waals surface area contributed by atoms with Gasteiger partial charge in [-0.2, -0.15) is 0 Å². The molecule has 0 saturated carbocycles. The summed E-state index contributed by atoms with van der Waals surface area (Å²) in [6, 6.07) is 0. The maximum Gasteiger partial charge on any atom is 0.221 e. The zero-order valence-electron chi connectivity index (χ0n) is 23.4. The molecule has 4 heteroatoms. The van der Waals surface area contributed by atoms with Crippen LogP contribution in [-0.4, -0.2) is 42.0 Å². The van der Waals surface area contributed by atoms with Crippen molar-refractivity contribution in [3.05, 3.63) is 12.2 Å². The van der Waals surface area contributed by atoms with E-state index in [0.717, 1.165) is 30.5 Å². The number of hydrogen-bond donors (Lipinski definition) is 1. The molecule has 0 aromatic rings. The summed E-state index contributed by atoms with van der Waals surface area (Å²) in [5.41, 5.74) is 0. The average Bonchev–Trinajstić information content (AvgIpc) is 3.24. The fourth-order valence-electron chi connectivity index (χ4n) is 5.44. The van der Waals surface area contributed by atoms with Gasteiger partial charge in [0.2, 0.25) is 5.91 Å². The molecule has 1 N–H and O–H groups in total. The number of unbranched alkanes of at least 4 members (excludes halogenated alkanes) is 15. The van der Waals surface area contributed by atoms with Crippen molar-refractivity contribution < 1.29 is 9.28 Å². The highest BCUT2D eigenvalue weighted by Crippen LogP contribution is 2.23. The molecule has 4 nitrogen and oxygen atoms in total. The number of carbonyl (C=O) groups excluding carboxylic acids is 1. The van der Waals surface area contributed by atoms with Crippen LogP contribution in [0.1, 0.15) is 143 Å². The molecule has 0 aliphatic carbocycles. The summed E-state index contributed by atoms with van der Waals surface area (Å²) in [5, 5.41) is 3.12. The number of hydrogen-bond acceptors (Lipinski definition) is 2. The molecule has 1 aliphatic rings. The molecule has 1 rings (SSSR count). The van der Waals surface area contributed by atoms with Gasteiger partial charge in [0.05, 0.1) is 13.1 Å². The Kier molecular flexibility index (Phi) is 18.2. The maximum absolute atomic E-state index is 11.6. The third-order valence-electron chi connectivity index (χ3n) is 7.69. The number of carbonyl (C=O) groups is 1. The zero-order chi connectivity index (χ0) is 24.9. The minimum absolute atomic E-state index is 0.0608. The van der Waals surface area contributed by atoms with Crippen LogP contribution in [0.3, 0.4) is 0 Å². The number of allylic oxidation sites excluding steroid dienone is 2. The van der Waals surface area contributed by atoms with Gasteiger partial charge < -0.3 is 5.32 Å². The van der Waals surface area contributed by atoms with Crippen molar-refractivity contribution in [3.8, 4) is 0 Å². The number of aliphatic imine (C=N–C) groups is 1. The van der Waals surface area contributed by atoms with Gasteiger partial charge >= 0.3 is 0 Å². The minimum atomic E-state index is 0.0608. The summed E-state index contributed by atoms with van der Waals surface area (Å²) in [4.78, 5) is 16.4. The van der Waals surface area contributed by atoms with Gasteiger partial charge in [0.15, 0.2) is 12.0 Å². The van der Waals surface area contributed by atoms with Crippen LogP contribution in [-0.2, 0) is 4.79 Å². The lowest BCUT2D eigenvalue weighted by atomic mass is 10.0. The molecular weight excluding hydrogens is 418 g/mol. The predicted molar refractivity (Wildman–Crippen MR) is 149 cm³/mol. The van der Waals surface area contributed by atoms with E-state index in [1.54, 1.807) is 6.92 Å². The van der Waals surface area contributed by atoms with Crippen LogP contribution in [0, 0.1) is 0 Å². The molecule has 0 aromatic heterocycles. The summed E-state index contributed by atoms with van der Waals surface area (Å²) >= 11 is 0. The van der Waals surface area contributed by atoms with Crippen LogP contribution in [0.4, 0.5) is 0 Å². The first-order chi connectivity index (χ1) is 16.6. The first kappa shape index (κ1) is 30.9. The van der Waals surface area contributed by atoms with Crippen LogP contribution >= 0.6 is 0 Å². The number of rotatable bonds is 22. The Labute approximate surface area is 212 Å². The van der Waals surface area contributed by atoms with Gasteiger partial charge in [-0.05, 0) is 39.0 Å². The zero-order valence-corrected chi connectivity index (χ0v) is 23.4. The molecule has 34 heavy (non-hydrogen) atoms. The Balaban J connectivity index is 1.95. The Morgan fingerprint density at radius 3 is 1.85 bits per heavy atom. The predicted octanol–water partition coefficient (Wildman–Crippen LogP) is 8.32. The summed E-state index contributed by atoms with van der Waals surface area (Å²) in [6.07, 6.45) is 29.2. The molecule has 0 spiro atoms. The highest BCUT2D eigenvalue weighted by Gasteiger charge is 2.41. The largest absolute Gasteiger partial charge is 0.307 e. The second-order valence-electron chi connectivity index (χ2n) is 10.5. The number of nitrogens with one attached hydrogen (secondary N) is 1. The fourth-order valence-corrected chi connectivity index (χ4v) is 5.44. The van der Waals surface area contributed by atoms with Crippen LogP contribution in [0.15, 0.2) is 17.1 Å². The van der Waals surface area contributed by atoms with Crippen LogP contribution in [0.5, 0.6) is 0 Å². The first-order valence-electron chi connectivity index (χ1n) is 14.9. The normalized spacial score (nSPS) is 19.0. The SMILES string of the molecule is CCCCC/C=C/CCCCCCCCCCCCCCC1=NCC[N+]1(CC)C(C)NC(C)=O. The number of likely N-dealkylation sites (N-methyl/N-ethyl adjacent to an activating group) is 1. The molecule has 0 saturated heterocycles. The number of nitrogens with zero attached hydrogens (tertiary/aromatic N) is 2. The van der Waals surface area contributed by atoms with E-state index >= 15 is 0 Å². The summed E-state index contributed by atoms with van der Waals surface area (Å²) < 4.78 is 0.856. The molecule has 1 heterocycles. The van der Waals surface area contributed by atoms with E-state index in [1.165, 1.54) is 115 Å². The summed E-state index contributed by atoms with van der Waals surface area (Å²) in [5.74, 6) is 1.37. The molecule has 0 fully saturated rings. The third kappa shape index (κ3) is 13.1. The topological polar surface area (TPSA) is 41.5 Å². The fraction of sp³-hybridized carbons (Fsp3) is 0.867. The highest BCUT2D eigenvalue weighted by molar-refractivity contribution is 5.78. The van der Waals surface area contributed by atoms with Gasteiger partial charge in [0.25, 0.3) is 0 Å². The van der Waals surface area contributed by atoms with Gasteiger partial charge in [-0.1, -0.05) is 96.1 Å². The molecule has 1 amide bonds. The van der Waals surface area contributed by atoms with E-state index in [4.69, 9.17) is 4.99 Å². The van der Waals surface area contributed by atoms with Crippen molar-refractivity contribution in [1.82, 2.24) is 5.32 Å². The molecule has 2 atom stereocenters. The molecular formula is C30H58N3O+. The minimum Gasteiger partial charge on any atom is -0.307 e. The van der Waals surface area contributed by atoms with Gasteiger partial charge in [0.1, 0.15) is 6.54 Å². The first-order valence-corrected chi connectivity index (χ1v) is 14.9. The van der Waals surface area contributed by atoms with Gasteiger partial charge in [0, 0.05) is 20.3 Å². The second kappa shape index (κ2) is 20.1. The van der Waals surface area contributed by atoms with E-state index in [9.17, 15) is 4.79 Å². The smallest absolute Gasteiger partial charge is 0.221 e.